The molecule has 130 valence electrons. The zero-order valence-electron chi connectivity index (χ0n) is 13.9. The number of imide groups is 1. The number of hydrogen-bond donors (Lipinski definition) is 0. The summed E-state index contributed by atoms with van der Waals surface area (Å²) < 4.78 is 5.18. The first kappa shape index (κ1) is 17.2. The van der Waals surface area contributed by atoms with Crippen LogP contribution in [0.3, 0.4) is 0 Å². The standard InChI is InChI=1S/C19H20N2O4/c20-11-13-5-7-14(8-6-13)12-25-17(22)9-10-21-18(23)15-3-1-2-4-16(15)19(21)24/h5-8,15-16H,1-4,9-10,12H2. The van der Waals surface area contributed by atoms with Crippen molar-refractivity contribution in [3.05, 3.63) is 35.4 Å². The van der Waals surface area contributed by atoms with Crippen LogP contribution < -0.4 is 0 Å². The second-order valence-corrected chi connectivity index (χ2v) is 6.54. The first-order valence-corrected chi connectivity index (χ1v) is 8.60. The van der Waals surface area contributed by atoms with Crippen LogP contribution in [0.1, 0.15) is 43.2 Å². The van der Waals surface area contributed by atoms with E-state index in [4.69, 9.17) is 10.00 Å². The van der Waals surface area contributed by atoms with E-state index in [1.165, 1.54) is 4.90 Å². The SMILES string of the molecule is N#Cc1ccc(COC(=O)CCN2C(=O)C3CCCCC3C2=O)cc1. The number of carbonyl (C=O) groups is 3. The normalized spacial score (nSPS) is 22.4. The molecule has 0 N–H and O–H groups in total. The summed E-state index contributed by atoms with van der Waals surface area (Å²) in [6.45, 7) is 0.203. The van der Waals surface area contributed by atoms with Crippen molar-refractivity contribution in [2.75, 3.05) is 6.54 Å². The van der Waals surface area contributed by atoms with Crippen LogP contribution in [0.4, 0.5) is 0 Å². The molecule has 2 amide bonds. The third-order valence-electron chi connectivity index (χ3n) is 4.95. The zero-order valence-corrected chi connectivity index (χ0v) is 13.9. The number of rotatable bonds is 5. The van der Waals surface area contributed by atoms with Gasteiger partial charge in [0.15, 0.2) is 0 Å². The molecule has 1 aromatic rings. The molecule has 2 fully saturated rings. The van der Waals surface area contributed by atoms with Crippen molar-refractivity contribution in [1.82, 2.24) is 4.90 Å². The van der Waals surface area contributed by atoms with E-state index in [1.807, 2.05) is 6.07 Å². The zero-order chi connectivity index (χ0) is 17.8. The summed E-state index contributed by atoms with van der Waals surface area (Å²) in [6, 6.07) is 8.79. The molecule has 0 bridgehead atoms. The fraction of sp³-hybridized carbons (Fsp3) is 0.474. The van der Waals surface area contributed by atoms with Crippen LogP contribution in [0.15, 0.2) is 24.3 Å². The second kappa shape index (κ2) is 7.47. The molecule has 2 unspecified atom stereocenters. The molecular formula is C19H20N2O4. The highest BCUT2D eigenvalue weighted by Gasteiger charge is 2.47. The van der Waals surface area contributed by atoms with Gasteiger partial charge in [-0.15, -0.1) is 0 Å². The van der Waals surface area contributed by atoms with Gasteiger partial charge >= 0.3 is 5.97 Å². The molecule has 0 aromatic heterocycles. The van der Waals surface area contributed by atoms with Gasteiger partial charge in [-0.1, -0.05) is 25.0 Å². The molecule has 1 aromatic carbocycles. The first-order chi connectivity index (χ1) is 12.1. The van der Waals surface area contributed by atoms with Crippen molar-refractivity contribution >= 4 is 17.8 Å². The lowest BCUT2D eigenvalue weighted by Gasteiger charge is -2.19. The fourth-order valence-electron chi connectivity index (χ4n) is 3.57. The van der Waals surface area contributed by atoms with E-state index in [0.29, 0.717) is 5.56 Å². The van der Waals surface area contributed by atoms with Gasteiger partial charge in [0.05, 0.1) is 29.9 Å². The topological polar surface area (TPSA) is 87.5 Å². The van der Waals surface area contributed by atoms with Crippen molar-refractivity contribution in [2.45, 2.75) is 38.7 Å². The van der Waals surface area contributed by atoms with E-state index in [9.17, 15) is 14.4 Å². The molecule has 0 radical (unpaired) electrons. The monoisotopic (exact) mass is 340 g/mol. The summed E-state index contributed by atoms with van der Waals surface area (Å²) in [4.78, 5) is 37.8. The summed E-state index contributed by atoms with van der Waals surface area (Å²) in [5.74, 6) is -1.07. The van der Waals surface area contributed by atoms with Gasteiger partial charge in [-0.3, -0.25) is 19.3 Å². The number of fused-ring (bicyclic) bond motifs is 1. The Hall–Kier alpha value is -2.68. The van der Waals surface area contributed by atoms with E-state index in [2.05, 4.69) is 0 Å². The molecule has 6 heteroatoms. The number of carbonyl (C=O) groups excluding carboxylic acids is 3. The average molecular weight is 340 g/mol. The molecule has 2 aliphatic rings. The van der Waals surface area contributed by atoms with E-state index in [1.54, 1.807) is 24.3 Å². The Bertz CT molecular complexity index is 696. The van der Waals surface area contributed by atoms with E-state index < -0.39 is 5.97 Å². The van der Waals surface area contributed by atoms with Crippen LogP contribution >= 0.6 is 0 Å². The summed E-state index contributed by atoms with van der Waals surface area (Å²) >= 11 is 0. The number of amides is 2. The maximum Gasteiger partial charge on any atom is 0.307 e. The highest BCUT2D eigenvalue weighted by atomic mass is 16.5. The molecule has 3 rings (SSSR count). The highest BCUT2D eigenvalue weighted by molar-refractivity contribution is 6.05. The molecular weight excluding hydrogens is 320 g/mol. The predicted octanol–water partition coefficient (Wildman–Crippen LogP) is 2.17. The molecule has 1 aliphatic carbocycles. The maximum atomic E-state index is 12.3. The Morgan fingerprint density at radius 1 is 1.12 bits per heavy atom. The van der Waals surface area contributed by atoms with Gasteiger partial charge in [0.25, 0.3) is 0 Å². The predicted molar refractivity (Wildman–Crippen MR) is 87.7 cm³/mol. The lowest BCUT2D eigenvalue weighted by atomic mass is 9.81. The number of hydrogen-bond acceptors (Lipinski definition) is 5. The van der Waals surface area contributed by atoms with Crippen molar-refractivity contribution < 1.29 is 19.1 Å². The minimum Gasteiger partial charge on any atom is -0.461 e. The third-order valence-corrected chi connectivity index (χ3v) is 4.95. The summed E-state index contributed by atoms with van der Waals surface area (Å²) in [5, 5.41) is 8.75. The Balaban J connectivity index is 1.48. The first-order valence-electron chi connectivity index (χ1n) is 8.60. The number of nitrogens with zero attached hydrogens (tertiary/aromatic N) is 2. The largest absolute Gasteiger partial charge is 0.461 e. The molecule has 0 spiro atoms. The molecule has 25 heavy (non-hydrogen) atoms. The Morgan fingerprint density at radius 3 is 2.28 bits per heavy atom. The van der Waals surface area contributed by atoms with Gasteiger partial charge in [0, 0.05) is 6.54 Å². The van der Waals surface area contributed by atoms with Crippen LogP contribution in [0, 0.1) is 23.2 Å². The summed E-state index contributed by atoms with van der Waals surface area (Å²) in [7, 11) is 0. The molecule has 6 nitrogen and oxygen atoms in total. The summed E-state index contributed by atoms with van der Waals surface area (Å²) in [6.07, 6.45) is 3.53. The molecule has 1 heterocycles. The van der Waals surface area contributed by atoms with E-state index in [0.717, 1.165) is 31.2 Å². The molecule has 1 saturated heterocycles. The smallest absolute Gasteiger partial charge is 0.307 e. The van der Waals surface area contributed by atoms with Crippen LogP contribution in [-0.4, -0.2) is 29.2 Å². The van der Waals surface area contributed by atoms with Crippen molar-refractivity contribution in [3.63, 3.8) is 0 Å². The van der Waals surface area contributed by atoms with Gasteiger partial charge in [0.1, 0.15) is 6.61 Å². The summed E-state index contributed by atoms with van der Waals surface area (Å²) in [5.41, 5.74) is 1.33. The fourth-order valence-corrected chi connectivity index (χ4v) is 3.57. The second-order valence-electron chi connectivity index (χ2n) is 6.54. The van der Waals surface area contributed by atoms with E-state index in [-0.39, 0.29) is 43.2 Å². The van der Waals surface area contributed by atoms with Crippen LogP contribution in [0.2, 0.25) is 0 Å². The quantitative estimate of drug-likeness (QED) is 0.605. The lowest BCUT2D eigenvalue weighted by Crippen LogP contribution is -2.33. The highest BCUT2D eigenvalue weighted by Crippen LogP contribution is 2.37. The number of esters is 1. The lowest BCUT2D eigenvalue weighted by molar-refractivity contribution is -0.146. The van der Waals surface area contributed by atoms with Gasteiger partial charge in [-0.05, 0) is 30.5 Å². The Kier molecular flexibility index (Phi) is 5.13. The van der Waals surface area contributed by atoms with Gasteiger partial charge < -0.3 is 4.74 Å². The maximum absolute atomic E-state index is 12.3. The van der Waals surface area contributed by atoms with Gasteiger partial charge in [-0.25, -0.2) is 0 Å². The van der Waals surface area contributed by atoms with Crippen LogP contribution in [-0.2, 0) is 25.7 Å². The minimum atomic E-state index is -0.445. The molecule has 1 aliphatic heterocycles. The Labute approximate surface area is 146 Å². The van der Waals surface area contributed by atoms with Gasteiger partial charge in [-0.2, -0.15) is 5.26 Å². The number of nitriles is 1. The molecule has 1 saturated carbocycles. The van der Waals surface area contributed by atoms with E-state index >= 15 is 0 Å². The van der Waals surface area contributed by atoms with Crippen LogP contribution in [0.25, 0.3) is 0 Å². The van der Waals surface area contributed by atoms with Crippen molar-refractivity contribution in [3.8, 4) is 6.07 Å². The number of benzene rings is 1. The minimum absolute atomic E-state index is 0.00714. The van der Waals surface area contributed by atoms with Gasteiger partial charge in [0.2, 0.25) is 11.8 Å². The Morgan fingerprint density at radius 2 is 1.72 bits per heavy atom. The van der Waals surface area contributed by atoms with Crippen molar-refractivity contribution in [1.29, 1.82) is 5.26 Å². The molecule has 2 atom stereocenters. The van der Waals surface area contributed by atoms with Crippen molar-refractivity contribution in [2.24, 2.45) is 11.8 Å². The third kappa shape index (κ3) is 3.71. The average Bonchev–Trinajstić information content (AvgIpc) is 2.89. The van der Waals surface area contributed by atoms with Crippen LogP contribution in [0.5, 0.6) is 0 Å². The number of likely N-dealkylation sites (tertiary alicyclic amines) is 1. The number of ether oxygens (including phenoxy) is 1.